The molecule has 2 fully saturated rings. The second kappa shape index (κ2) is 4.75. The van der Waals surface area contributed by atoms with Gasteiger partial charge in [-0.3, -0.25) is 0 Å². The highest BCUT2D eigenvalue weighted by Crippen LogP contribution is 2.49. The van der Waals surface area contributed by atoms with E-state index in [2.05, 4.69) is 20.6 Å². The van der Waals surface area contributed by atoms with Crippen LogP contribution in [0.4, 0.5) is 11.6 Å². The molecule has 1 aromatic heterocycles. The van der Waals surface area contributed by atoms with Crippen molar-refractivity contribution in [3.8, 4) is 0 Å². The average molecular weight is 246 g/mol. The molecule has 0 amide bonds. The van der Waals surface area contributed by atoms with Crippen LogP contribution in [0.1, 0.15) is 31.5 Å². The Bertz CT molecular complexity index is 412. The summed E-state index contributed by atoms with van der Waals surface area (Å²) in [4.78, 5) is 8.76. The van der Waals surface area contributed by atoms with Crippen molar-refractivity contribution in [2.24, 2.45) is 17.8 Å². The number of nitrogens with zero attached hydrogens (tertiary/aromatic N) is 2. The van der Waals surface area contributed by atoms with Gasteiger partial charge in [0.2, 0.25) is 0 Å². The van der Waals surface area contributed by atoms with E-state index in [4.69, 9.17) is 0 Å². The maximum atomic E-state index is 4.45. The smallest absolute Gasteiger partial charge is 0.131 e. The van der Waals surface area contributed by atoms with Crippen molar-refractivity contribution in [2.45, 2.75) is 32.6 Å². The van der Waals surface area contributed by atoms with Crippen LogP contribution in [0.2, 0.25) is 0 Å². The Morgan fingerprint density at radius 1 is 1.17 bits per heavy atom. The lowest BCUT2D eigenvalue weighted by Crippen LogP contribution is -2.19. The van der Waals surface area contributed by atoms with Crippen molar-refractivity contribution < 1.29 is 0 Å². The van der Waals surface area contributed by atoms with Gasteiger partial charge in [-0.2, -0.15) is 0 Å². The van der Waals surface area contributed by atoms with Crippen LogP contribution in [0.3, 0.4) is 0 Å². The first-order chi connectivity index (χ1) is 8.76. The quantitative estimate of drug-likeness (QED) is 0.810. The number of hydrogen-bond acceptors (Lipinski definition) is 4. The summed E-state index contributed by atoms with van der Waals surface area (Å²) < 4.78 is 0. The summed E-state index contributed by atoms with van der Waals surface area (Å²) in [6, 6.07) is 1.99. The third-order valence-electron chi connectivity index (χ3n) is 4.07. The Balaban J connectivity index is 1.62. The highest BCUT2D eigenvalue weighted by atomic mass is 15.1. The molecule has 0 radical (unpaired) electrons. The van der Waals surface area contributed by atoms with Gasteiger partial charge < -0.3 is 10.6 Å². The van der Waals surface area contributed by atoms with Gasteiger partial charge in [0.1, 0.15) is 17.5 Å². The Morgan fingerprint density at radius 3 is 2.33 bits per heavy atom. The fraction of sp³-hybridized carbons (Fsp3) is 0.714. The molecule has 4 heteroatoms. The minimum atomic E-state index is 0.818. The van der Waals surface area contributed by atoms with Crippen molar-refractivity contribution in [3.63, 3.8) is 0 Å². The summed E-state index contributed by atoms with van der Waals surface area (Å²) in [5.74, 6) is 5.50. The Kier molecular flexibility index (Phi) is 3.10. The molecule has 0 aliphatic heterocycles. The van der Waals surface area contributed by atoms with Gasteiger partial charge in [-0.25, -0.2) is 9.97 Å². The number of aromatic nitrogens is 2. The zero-order valence-electron chi connectivity index (χ0n) is 11.2. The summed E-state index contributed by atoms with van der Waals surface area (Å²) in [6.45, 7) is 3.01. The topological polar surface area (TPSA) is 49.8 Å². The molecule has 4 nitrogen and oxygen atoms in total. The summed E-state index contributed by atoms with van der Waals surface area (Å²) in [7, 11) is 1.89. The van der Waals surface area contributed by atoms with Gasteiger partial charge in [0.25, 0.3) is 0 Å². The van der Waals surface area contributed by atoms with E-state index in [-0.39, 0.29) is 0 Å². The molecular formula is C14H22N4. The molecule has 0 bridgehead atoms. The highest BCUT2D eigenvalue weighted by Gasteiger charge is 2.41. The monoisotopic (exact) mass is 246 g/mol. The lowest BCUT2D eigenvalue weighted by atomic mass is 9.98. The number of nitrogens with one attached hydrogen (secondary N) is 2. The summed E-state index contributed by atoms with van der Waals surface area (Å²) in [6.07, 6.45) is 5.75. The van der Waals surface area contributed by atoms with Crippen molar-refractivity contribution in [3.05, 3.63) is 11.9 Å². The molecule has 98 valence electrons. The first kappa shape index (κ1) is 11.8. The second-order valence-electron chi connectivity index (χ2n) is 5.66. The van der Waals surface area contributed by atoms with Crippen LogP contribution in [-0.4, -0.2) is 23.6 Å². The molecule has 2 N–H and O–H groups in total. The van der Waals surface area contributed by atoms with E-state index in [0.29, 0.717) is 0 Å². The van der Waals surface area contributed by atoms with Crippen LogP contribution in [0.25, 0.3) is 0 Å². The zero-order chi connectivity index (χ0) is 12.5. The molecule has 0 aromatic carbocycles. The second-order valence-corrected chi connectivity index (χ2v) is 5.66. The zero-order valence-corrected chi connectivity index (χ0v) is 11.2. The minimum Gasteiger partial charge on any atom is -0.373 e. The fourth-order valence-corrected chi connectivity index (χ4v) is 2.78. The van der Waals surface area contributed by atoms with Gasteiger partial charge in [-0.15, -0.1) is 0 Å². The maximum Gasteiger partial charge on any atom is 0.131 e. The van der Waals surface area contributed by atoms with E-state index >= 15 is 0 Å². The average Bonchev–Trinajstić information content (AvgIpc) is 3.22. The van der Waals surface area contributed by atoms with Crippen LogP contribution in [0.5, 0.6) is 0 Å². The molecule has 0 saturated heterocycles. The Hall–Kier alpha value is -1.32. The first-order valence-electron chi connectivity index (χ1n) is 7.03. The van der Waals surface area contributed by atoms with E-state index in [1.807, 2.05) is 20.0 Å². The molecule has 2 aliphatic carbocycles. The van der Waals surface area contributed by atoms with Crippen LogP contribution < -0.4 is 10.6 Å². The van der Waals surface area contributed by atoms with Gasteiger partial charge >= 0.3 is 0 Å². The van der Waals surface area contributed by atoms with E-state index in [9.17, 15) is 0 Å². The molecule has 3 rings (SSSR count). The normalized spacial score (nSPS) is 19.1. The molecule has 2 aliphatic rings. The van der Waals surface area contributed by atoms with Crippen molar-refractivity contribution in [1.29, 1.82) is 0 Å². The van der Waals surface area contributed by atoms with Crippen LogP contribution in [0.15, 0.2) is 6.07 Å². The van der Waals surface area contributed by atoms with Crippen molar-refractivity contribution in [2.75, 3.05) is 24.2 Å². The predicted octanol–water partition coefficient (Wildman–Crippen LogP) is 2.67. The van der Waals surface area contributed by atoms with Gasteiger partial charge in [-0.05, 0) is 50.4 Å². The summed E-state index contributed by atoms with van der Waals surface area (Å²) in [5, 5.41) is 6.59. The molecule has 0 atom stereocenters. The fourth-order valence-electron chi connectivity index (χ4n) is 2.78. The molecule has 1 aromatic rings. The van der Waals surface area contributed by atoms with Gasteiger partial charge in [-0.1, -0.05) is 0 Å². The molecule has 0 spiro atoms. The molecule has 18 heavy (non-hydrogen) atoms. The molecule has 1 heterocycles. The molecule has 0 unspecified atom stereocenters. The molecule has 2 saturated carbocycles. The SMILES string of the molecule is CNc1cc(NCC(C2CC2)C2CC2)nc(C)n1. The van der Waals surface area contributed by atoms with Gasteiger partial charge in [0, 0.05) is 19.7 Å². The minimum absolute atomic E-state index is 0.818. The summed E-state index contributed by atoms with van der Waals surface area (Å²) >= 11 is 0. The molecular weight excluding hydrogens is 224 g/mol. The van der Waals surface area contributed by atoms with Crippen LogP contribution in [0, 0.1) is 24.7 Å². The van der Waals surface area contributed by atoms with Gasteiger partial charge in [0.05, 0.1) is 0 Å². The van der Waals surface area contributed by atoms with Crippen molar-refractivity contribution in [1.82, 2.24) is 9.97 Å². The number of anilines is 2. The number of hydrogen-bond donors (Lipinski definition) is 2. The third-order valence-corrected chi connectivity index (χ3v) is 4.07. The Morgan fingerprint density at radius 2 is 1.78 bits per heavy atom. The highest BCUT2D eigenvalue weighted by molar-refractivity contribution is 5.47. The maximum absolute atomic E-state index is 4.45. The lowest BCUT2D eigenvalue weighted by Gasteiger charge is -2.17. The van der Waals surface area contributed by atoms with E-state index in [1.165, 1.54) is 25.7 Å². The Labute approximate surface area is 109 Å². The van der Waals surface area contributed by atoms with E-state index in [1.54, 1.807) is 0 Å². The summed E-state index contributed by atoms with van der Waals surface area (Å²) in [5.41, 5.74) is 0. The van der Waals surface area contributed by atoms with Crippen LogP contribution in [-0.2, 0) is 0 Å². The van der Waals surface area contributed by atoms with Gasteiger partial charge in [0.15, 0.2) is 0 Å². The number of rotatable bonds is 6. The lowest BCUT2D eigenvalue weighted by molar-refractivity contribution is 0.427. The van der Waals surface area contributed by atoms with E-state index < -0.39 is 0 Å². The third kappa shape index (κ3) is 2.74. The van der Waals surface area contributed by atoms with Crippen LogP contribution >= 0.6 is 0 Å². The number of aryl methyl sites for hydroxylation is 1. The first-order valence-corrected chi connectivity index (χ1v) is 7.03. The van der Waals surface area contributed by atoms with E-state index in [0.717, 1.165) is 41.8 Å². The standard InChI is InChI=1S/C14H22N4/c1-9-17-13(15-2)7-14(18-9)16-8-12(10-3-4-10)11-5-6-11/h7,10-12H,3-6,8H2,1-2H3,(H2,15,16,17,18). The largest absolute Gasteiger partial charge is 0.373 e. The van der Waals surface area contributed by atoms with Crippen molar-refractivity contribution >= 4 is 11.6 Å². The predicted molar refractivity (Wildman–Crippen MR) is 73.7 cm³/mol.